The van der Waals surface area contributed by atoms with Gasteiger partial charge in [0.25, 0.3) is 0 Å². The summed E-state index contributed by atoms with van der Waals surface area (Å²) in [5, 5.41) is 1.86. The Hall–Kier alpha value is -1.68. The van der Waals surface area contributed by atoms with Gasteiger partial charge in [0, 0.05) is 24.9 Å². The molecule has 0 radical (unpaired) electrons. The van der Waals surface area contributed by atoms with Crippen LogP contribution in [0.25, 0.3) is 0 Å². The number of carbonyl (C=O) groups excluding carboxylic acids is 2. The van der Waals surface area contributed by atoms with Crippen molar-refractivity contribution in [2.45, 2.75) is 6.92 Å². The van der Waals surface area contributed by atoms with E-state index >= 15 is 0 Å². The van der Waals surface area contributed by atoms with Crippen molar-refractivity contribution in [2.24, 2.45) is 0 Å². The van der Waals surface area contributed by atoms with E-state index in [0.717, 1.165) is 0 Å². The zero-order valence-electron chi connectivity index (χ0n) is 8.14. The molecule has 0 unspecified atom stereocenters. The first-order chi connectivity index (χ1) is 7.18. The van der Waals surface area contributed by atoms with E-state index in [-0.39, 0.29) is 11.7 Å². The Kier molecular flexibility index (Phi) is 2.51. The third-order valence-electron chi connectivity index (χ3n) is 2.06. The molecule has 2 heterocycles. The van der Waals surface area contributed by atoms with Crippen LogP contribution in [0.3, 0.4) is 0 Å². The van der Waals surface area contributed by atoms with Gasteiger partial charge in [-0.3, -0.25) is 14.2 Å². The number of carbonyl (C=O) groups is 2. The van der Waals surface area contributed by atoms with Gasteiger partial charge in [0.2, 0.25) is 11.7 Å². The van der Waals surface area contributed by atoms with Crippen molar-refractivity contribution in [3.05, 3.63) is 46.4 Å². The predicted octanol–water partition coefficient (Wildman–Crippen LogP) is 2.44. The largest absolute Gasteiger partial charge is 0.294 e. The van der Waals surface area contributed by atoms with E-state index in [9.17, 15) is 9.59 Å². The van der Waals surface area contributed by atoms with E-state index in [4.69, 9.17) is 0 Å². The molecule has 4 heteroatoms. The number of nitrogens with zero attached hydrogens (tertiary/aromatic N) is 1. The molecule has 0 fully saturated rings. The SMILES string of the molecule is CC(=O)n1ccc(C(=O)c2cccs2)c1. The Balaban J connectivity index is 2.31. The van der Waals surface area contributed by atoms with Crippen LogP contribution in [-0.2, 0) is 0 Å². The van der Waals surface area contributed by atoms with Gasteiger partial charge in [0.05, 0.1) is 4.88 Å². The maximum absolute atomic E-state index is 11.8. The highest BCUT2D eigenvalue weighted by atomic mass is 32.1. The van der Waals surface area contributed by atoms with Crippen LogP contribution in [-0.4, -0.2) is 16.3 Å². The highest BCUT2D eigenvalue weighted by molar-refractivity contribution is 7.12. The van der Waals surface area contributed by atoms with Crippen molar-refractivity contribution in [2.75, 3.05) is 0 Å². The summed E-state index contributed by atoms with van der Waals surface area (Å²) in [6, 6.07) is 5.27. The second-order valence-corrected chi connectivity index (χ2v) is 4.08. The Morgan fingerprint density at radius 3 is 2.67 bits per heavy atom. The minimum Gasteiger partial charge on any atom is -0.294 e. The van der Waals surface area contributed by atoms with Gasteiger partial charge < -0.3 is 0 Å². The van der Waals surface area contributed by atoms with Gasteiger partial charge in [0.1, 0.15) is 0 Å². The molecule has 0 aliphatic heterocycles. The van der Waals surface area contributed by atoms with E-state index in [1.807, 2.05) is 11.4 Å². The summed E-state index contributed by atoms with van der Waals surface area (Å²) in [5.41, 5.74) is 0.549. The smallest absolute Gasteiger partial charge is 0.227 e. The Bertz CT molecular complexity index is 496. The average Bonchev–Trinajstić information content (AvgIpc) is 2.88. The topological polar surface area (TPSA) is 39.1 Å². The maximum atomic E-state index is 11.8. The molecule has 0 aliphatic rings. The fourth-order valence-electron chi connectivity index (χ4n) is 1.28. The number of aromatic nitrogens is 1. The van der Waals surface area contributed by atoms with Crippen LogP contribution >= 0.6 is 11.3 Å². The molecule has 0 atom stereocenters. The number of ketones is 1. The highest BCUT2D eigenvalue weighted by Crippen LogP contribution is 2.15. The third-order valence-corrected chi connectivity index (χ3v) is 2.93. The van der Waals surface area contributed by atoms with Crippen molar-refractivity contribution < 1.29 is 9.59 Å². The molecule has 2 aromatic rings. The minimum atomic E-state index is -0.0970. The molecule has 76 valence electrons. The van der Waals surface area contributed by atoms with Crippen molar-refractivity contribution in [3.8, 4) is 0 Å². The van der Waals surface area contributed by atoms with Crippen LogP contribution in [0.15, 0.2) is 36.0 Å². The number of rotatable bonds is 2. The molecule has 0 amide bonds. The summed E-state index contributed by atoms with van der Waals surface area (Å²) in [4.78, 5) is 23.5. The molecule has 3 nitrogen and oxygen atoms in total. The molecule has 15 heavy (non-hydrogen) atoms. The summed E-state index contributed by atoms with van der Waals surface area (Å²) < 4.78 is 1.40. The van der Waals surface area contributed by atoms with Crippen molar-refractivity contribution in [3.63, 3.8) is 0 Å². The van der Waals surface area contributed by atoms with Crippen LogP contribution < -0.4 is 0 Å². The first-order valence-electron chi connectivity index (χ1n) is 4.45. The Labute approximate surface area is 91.0 Å². The zero-order valence-corrected chi connectivity index (χ0v) is 8.95. The van der Waals surface area contributed by atoms with Crippen LogP contribution in [0.2, 0.25) is 0 Å². The molecular weight excluding hydrogens is 210 g/mol. The van der Waals surface area contributed by atoms with Gasteiger partial charge >= 0.3 is 0 Å². The third kappa shape index (κ3) is 1.89. The zero-order chi connectivity index (χ0) is 10.8. The van der Waals surface area contributed by atoms with Gasteiger partial charge in [0.15, 0.2) is 0 Å². The van der Waals surface area contributed by atoms with Crippen molar-refractivity contribution in [1.29, 1.82) is 0 Å². The summed E-state index contributed by atoms with van der Waals surface area (Å²) in [7, 11) is 0. The van der Waals surface area contributed by atoms with Crippen LogP contribution in [0.1, 0.15) is 27.0 Å². The molecule has 0 saturated heterocycles. The molecule has 0 saturated carbocycles. The van der Waals surface area contributed by atoms with Crippen LogP contribution in [0.5, 0.6) is 0 Å². The molecular formula is C11H9NO2S. The summed E-state index contributed by atoms with van der Waals surface area (Å²) in [6.07, 6.45) is 3.16. The highest BCUT2D eigenvalue weighted by Gasteiger charge is 2.11. The number of thiophene rings is 1. The molecule has 2 rings (SSSR count). The maximum Gasteiger partial charge on any atom is 0.227 e. The molecule has 0 aromatic carbocycles. The summed E-state index contributed by atoms with van der Waals surface area (Å²) in [6.45, 7) is 1.46. The fraction of sp³-hybridized carbons (Fsp3) is 0.0909. The molecule has 0 aliphatic carbocycles. The lowest BCUT2D eigenvalue weighted by molar-refractivity contribution is 0.0937. The van der Waals surface area contributed by atoms with Gasteiger partial charge in [-0.1, -0.05) is 6.07 Å². The average molecular weight is 219 g/mol. The second-order valence-electron chi connectivity index (χ2n) is 3.13. The first-order valence-corrected chi connectivity index (χ1v) is 5.33. The summed E-state index contributed by atoms with van der Waals surface area (Å²) >= 11 is 1.40. The van der Waals surface area contributed by atoms with E-state index in [1.54, 1.807) is 24.5 Å². The monoisotopic (exact) mass is 219 g/mol. The van der Waals surface area contributed by atoms with E-state index in [2.05, 4.69) is 0 Å². The predicted molar refractivity (Wildman–Crippen MR) is 58.5 cm³/mol. The van der Waals surface area contributed by atoms with Gasteiger partial charge in [-0.15, -0.1) is 11.3 Å². The molecule has 2 aromatic heterocycles. The van der Waals surface area contributed by atoms with Crippen molar-refractivity contribution >= 4 is 23.0 Å². The molecule has 0 spiro atoms. The van der Waals surface area contributed by atoms with E-state index < -0.39 is 0 Å². The van der Waals surface area contributed by atoms with Gasteiger partial charge in [-0.25, -0.2) is 0 Å². The second kappa shape index (κ2) is 3.82. The van der Waals surface area contributed by atoms with Crippen molar-refractivity contribution in [1.82, 2.24) is 4.57 Å². The van der Waals surface area contributed by atoms with Gasteiger partial charge in [-0.2, -0.15) is 0 Å². The number of hydrogen-bond donors (Lipinski definition) is 0. The van der Waals surface area contributed by atoms with Crippen LogP contribution in [0.4, 0.5) is 0 Å². The lowest BCUT2D eigenvalue weighted by Gasteiger charge is -1.93. The molecule has 0 N–H and O–H groups in total. The number of hydrogen-bond acceptors (Lipinski definition) is 3. The Morgan fingerprint density at radius 1 is 1.33 bits per heavy atom. The lowest BCUT2D eigenvalue weighted by atomic mass is 10.2. The fourth-order valence-corrected chi connectivity index (χ4v) is 1.96. The van der Waals surface area contributed by atoms with Gasteiger partial charge in [-0.05, 0) is 17.5 Å². The van der Waals surface area contributed by atoms with E-state index in [0.29, 0.717) is 10.4 Å². The lowest BCUT2D eigenvalue weighted by Crippen LogP contribution is -2.02. The summed E-state index contributed by atoms with van der Waals surface area (Å²) in [5.74, 6) is -0.134. The molecule has 0 bridgehead atoms. The van der Waals surface area contributed by atoms with Crippen LogP contribution in [0, 0.1) is 0 Å². The Morgan fingerprint density at radius 2 is 2.13 bits per heavy atom. The first kappa shape index (κ1) is 9.86. The normalized spacial score (nSPS) is 10.2. The van der Waals surface area contributed by atoms with E-state index in [1.165, 1.54) is 22.8 Å². The quantitative estimate of drug-likeness (QED) is 0.728. The minimum absolute atomic E-state index is 0.0370. The standard InChI is InChI=1S/C11H9NO2S/c1-8(13)12-5-4-9(7-12)11(14)10-3-2-6-15-10/h2-7H,1H3.